The molecule has 7 nitrogen and oxygen atoms in total. The van der Waals surface area contributed by atoms with Gasteiger partial charge in [0.25, 0.3) is 0 Å². The Labute approximate surface area is 184 Å². The molecule has 2 aromatic rings. The Balaban J connectivity index is 1.59. The lowest BCUT2D eigenvalue weighted by Crippen LogP contribution is -2.11. The number of hydrogen-bond acceptors (Lipinski definition) is 6. The van der Waals surface area contributed by atoms with Crippen LogP contribution in [0.15, 0.2) is 49.1 Å². The molecule has 0 aromatic heterocycles. The number of anilines is 1. The minimum absolute atomic E-state index is 0.438. The third-order valence-corrected chi connectivity index (χ3v) is 5.44. The van der Waals surface area contributed by atoms with E-state index in [4.69, 9.17) is 32.7 Å². The van der Waals surface area contributed by atoms with Crippen LogP contribution in [-0.2, 0) is 13.1 Å². The molecule has 2 aliphatic rings. The summed E-state index contributed by atoms with van der Waals surface area (Å²) in [6.07, 6.45) is 3.21. The maximum absolute atomic E-state index is 6.32. The first-order chi connectivity index (χ1) is 14.6. The largest absolute Gasteiger partial charge is 0.497 e. The van der Waals surface area contributed by atoms with E-state index < -0.39 is 0 Å². The molecular formula is C21H19Cl2N5O2. The molecule has 2 aromatic carbocycles. The van der Waals surface area contributed by atoms with Gasteiger partial charge in [-0.25, -0.2) is 15.0 Å². The van der Waals surface area contributed by atoms with Gasteiger partial charge >= 0.3 is 0 Å². The highest BCUT2D eigenvalue weighted by Crippen LogP contribution is 2.30. The van der Waals surface area contributed by atoms with Crippen molar-refractivity contribution in [3.63, 3.8) is 0 Å². The highest BCUT2D eigenvalue weighted by Gasteiger charge is 2.18. The van der Waals surface area contributed by atoms with Gasteiger partial charge in [-0.15, -0.1) is 0 Å². The van der Waals surface area contributed by atoms with Crippen molar-refractivity contribution in [1.29, 1.82) is 0 Å². The summed E-state index contributed by atoms with van der Waals surface area (Å²) < 4.78 is 12.6. The van der Waals surface area contributed by atoms with E-state index in [1.807, 2.05) is 41.0 Å². The summed E-state index contributed by atoms with van der Waals surface area (Å²) in [6.45, 7) is 0.940. The first kappa shape index (κ1) is 20.3. The summed E-state index contributed by atoms with van der Waals surface area (Å²) in [5.41, 5.74) is 2.43. The highest BCUT2D eigenvalue weighted by atomic mass is 35.5. The van der Waals surface area contributed by atoms with Crippen LogP contribution in [-0.4, -0.2) is 33.7 Å². The van der Waals surface area contributed by atoms with Gasteiger partial charge in [0.1, 0.15) is 17.8 Å². The molecule has 0 bridgehead atoms. The third-order valence-electron chi connectivity index (χ3n) is 4.73. The van der Waals surface area contributed by atoms with E-state index in [-0.39, 0.29) is 0 Å². The number of hydrogen-bond donors (Lipinski definition) is 1. The number of aromatic nitrogens is 4. The monoisotopic (exact) mass is 443 g/mol. The minimum Gasteiger partial charge on any atom is -0.497 e. The number of halogens is 2. The maximum Gasteiger partial charge on any atom is 0.165 e. The second-order valence-electron chi connectivity index (χ2n) is 6.50. The highest BCUT2D eigenvalue weighted by molar-refractivity contribution is 6.35. The van der Waals surface area contributed by atoms with E-state index in [0.29, 0.717) is 40.5 Å². The van der Waals surface area contributed by atoms with Gasteiger partial charge in [-0.2, -0.15) is 0 Å². The van der Waals surface area contributed by atoms with Crippen LogP contribution in [0.2, 0.25) is 10.0 Å². The quantitative estimate of drug-likeness (QED) is 0.443. The van der Waals surface area contributed by atoms with E-state index in [1.165, 1.54) is 6.33 Å². The van der Waals surface area contributed by atoms with Gasteiger partial charge in [-0.3, -0.25) is 0 Å². The van der Waals surface area contributed by atoms with Crippen molar-refractivity contribution >= 4 is 29.0 Å². The Morgan fingerprint density at radius 2 is 1.80 bits per heavy atom. The zero-order chi connectivity index (χ0) is 21.1. The van der Waals surface area contributed by atoms with Crippen LogP contribution < -0.4 is 14.8 Å². The Morgan fingerprint density at radius 3 is 2.53 bits per heavy atom. The summed E-state index contributed by atoms with van der Waals surface area (Å²) >= 11 is 12.6. The second kappa shape index (κ2) is 8.77. The average molecular weight is 444 g/mol. The molecule has 0 saturated heterocycles. The third kappa shape index (κ3) is 3.99. The number of nitrogens with zero attached hydrogens (tertiary/aromatic N) is 4. The molecule has 1 N–H and O–H groups in total. The van der Waals surface area contributed by atoms with E-state index in [9.17, 15) is 0 Å². The normalized spacial score (nSPS) is 10.9. The summed E-state index contributed by atoms with van der Waals surface area (Å²) in [7, 11) is 3.25. The van der Waals surface area contributed by atoms with Gasteiger partial charge in [-0.05, 0) is 24.3 Å². The molecular weight excluding hydrogens is 425 g/mol. The molecule has 2 heterocycles. The fourth-order valence-corrected chi connectivity index (χ4v) is 3.67. The molecule has 0 amide bonds. The van der Waals surface area contributed by atoms with Gasteiger partial charge in [-0.1, -0.05) is 29.3 Å². The molecule has 0 radical (unpaired) electrons. The van der Waals surface area contributed by atoms with Crippen molar-refractivity contribution in [2.75, 3.05) is 19.5 Å². The molecule has 2 aliphatic heterocycles. The molecule has 0 atom stereocenters. The average Bonchev–Trinajstić information content (AvgIpc) is 3.26. The van der Waals surface area contributed by atoms with Crippen LogP contribution in [0.1, 0.15) is 11.1 Å². The van der Waals surface area contributed by atoms with Crippen LogP contribution in [0.5, 0.6) is 11.5 Å². The predicted molar refractivity (Wildman–Crippen MR) is 117 cm³/mol. The fourth-order valence-electron chi connectivity index (χ4n) is 3.16. The molecule has 154 valence electrons. The number of methoxy groups -OCH3 is 2. The smallest absolute Gasteiger partial charge is 0.165 e. The molecule has 4 rings (SSSR count). The van der Waals surface area contributed by atoms with Crippen LogP contribution in [0.4, 0.5) is 5.82 Å². The second-order valence-corrected chi connectivity index (χ2v) is 7.31. The van der Waals surface area contributed by atoms with Crippen molar-refractivity contribution in [3.8, 4) is 23.0 Å². The van der Waals surface area contributed by atoms with Crippen LogP contribution in [0.25, 0.3) is 11.5 Å². The number of ether oxygens (including phenoxy) is 2. The fraction of sp³-hybridized carbons (Fsp3) is 0.190. The Bertz CT molecular complexity index is 1130. The summed E-state index contributed by atoms with van der Waals surface area (Å²) in [5, 5.41) is 4.50. The Morgan fingerprint density at radius 1 is 1.00 bits per heavy atom. The van der Waals surface area contributed by atoms with E-state index in [0.717, 1.165) is 22.6 Å². The van der Waals surface area contributed by atoms with E-state index in [1.54, 1.807) is 20.5 Å². The molecule has 0 fully saturated rings. The minimum atomic E-state index is 0.438. The van der Waals surface area contributed by atoms with Gasteiger partial charge in [0, 0.05) is 33.8 Å². The molecule has 0 saturated carbocycles. The van der Waals surface area contributed by atoms with Crippen molar-refractivity contribution in [2.24, 2.45) is 0 Å². The van der Waals surface area contributed by atoms with Crippen molar-refractivity contribution in [3.05, 3.63) is 70.2 Å². The van der Waals surface area contributed by atoms with Gasteiger partial charge < -0.3 is 19.4 Å². The first-order valence-electron chi connectivity index (χ1n) is 9.14. The lowest BCUT2D eigenvalue weighted by Gasteiger charge is -2.16. The standard InChI is InChI=1S/C21H19Cl2N5O2/c1-29-14-7-6-13(18(8-14)30-2)9-24-20-19-21(26-11-25-19)28(12-27-20)10-15-16(22)4-3-5-17(15)23/h3-8,11-12,24H,9-10H2,1-2H3. The Kier molecular flexibility index (Phi) is 5.92. The molecule has 9 heteroatoms. The Hall–Kier alpha value is -3.03. The van der Waals surface area contributed by atoms with E-state index >= 15 is 0 Å². The maximum atomic E-state index is 6.32. The number of imidazole rings is 1. The van der Waals surface area contributed by atoms with Gasteiger partial charge in [0.05, 0.1) is 27.1 Å². The number of nitrogens with one attached hydrogen (secondary N) is 1. The molecule has 0 spiro atoms. The number of rotatable bonds is 7. The first-order valence-corrected chi connectivity index (χ1v) is 9.89. The van der Waals surface area contributed by atoms with Gasteiger partial charge in [0.15, 0.2) is 17.3 Å². The summed E-state index contributed by atoms with van der Waals surface area (Å²) in [5.74, 6) is 2.77. The van der Waals surface area contributed by atoms with Crippen LogP contribution in [0, 0.1) is 0 Å². The van der Waals surface area contributed by atoms with E-state index in [2.05, 4.69) is 20.3 Å². The lowest BCUT2D eigenvalue weighted by atomic mass is 10.2. The number of benzene rings is 2. The summed E-state index contributed by atoms with van der Waals surface area (Å²) in [4.78, 5) is 13.3. The van der Waals surface area contributed by atoms with Crippen LogP contribution in [0.3, 0.4) is 0 Å². The zero-order valence-electron chi connectivity index (χ0n) is 16.4. The SMILES string of the molecule is COc1ccc(CNc2ncn(Cc3c(Cl)cccc3Cl)c3ncnc2-3)c(OC)c1. The van der Waals surface area contributed by atoms with Crippen molar-refractivity contribution < 1.29 is 9.47 Å². The topological polar surface area (TPSA) is 74.1 Å². The molecule has 0 unspecified atom stereocenters. The zero-order valence-corrected chi connectivity index (χ0v) is 17.9. The van der Waals surface area contributed by atoms with Gasteiger partial charge in [0.2, 0.25) is 0 Å². The van der Waals surface area contributed by atoms with Crippen molar-refractivity contribution in [1.82, 2.24) is 19.5 Å². The summed E-state index contributed by atoms with van der Waals surface area (Å²) in [6, 6.07) is 11.1. The van der Waals surface area contributed by atoms with Crippen LogP contribution >= 0.6 is 23.2 Å². The molecule has 30 heavy (non-hydrogen) atoms. The number of fused-ring (bicyclic) bond motifs is 1. The van der Waals surface area contributed by atoms with Crippen molar-refractivity contribution in [2.45, 2.75) is 13.1 Å². The lowest BCUT2D eigenvalue weighted by molar-refractivity contribution is 0.391. The predicted octanol–water partition coefficient (Wildman–Crippen LogP) is 4.76. The molecule has 0 aliphatic carbocycles.